The van der Waals surface area contributed by atoms with Gasteiger partial charge in [0.1, 0.15) is 11.6 Å². The van der Waals surface area contributed by atoms with Crippen molar-refractivity contribution in [2.45, 2.75) is 25.4 Å². The molecular formula is C18H21FN2O2. The third-order valence-corrected chi connectivity index (χ3v) is 4.37. The van der Waals surface area contributed by atoms with E-state index >= 15 is 0 Å². The van der Waals surface area contributed by atoms with Gasteiger partial charge in [0.05, 0.1) is 12.8 Å². The van der Waals surface area contributed by atoms with Crippen molar-refractivity contribution in [3.8, 4) is 0 Å². The molecule has 1 saturated heterocycles. The molecule has 0 aliphatic carbocycles. The van der Waals surface area contributed by atoms with Crippen LogP contribution in [0.25, 0.3) is 0 Å². The number of hydrogen-bond acceptors (Lipinski definition) is 3. The highest BCUT2D eigenvalue weighted by molar-refractivity contribution is 5.94. The predicted octanol–water partition coefficient (Wildman–Crippen LogP) is 3.16. The van der Waals surface area contributed by atoms with E-state index in [1.807, 2.05) is 17.0 Å². The number of piperidine rings is 1. The zero-order valence-electron chi connectivity index (χ0n) is 13.2. The summed E-state index contributed by atoms with van der Waals surface area (Å²) < 4.78 is 18.9. The van der Waals surface area contributed by atoms with Crippen LogP contribution in [0.3, 0.4) is 0 Å². The zero-order valence-corrected chi connectivity index (χ0v) is 13.2. The normalized spacial score (nSPS) is 16.4. The molecule has 122 valence electrons. The van der Waals surface area contributed by atoms with Crippen molar-refractivity contribution in [3.63, 3.8) is 0 Å². The highest BCUT2D eigenvalue weighted by atomic mass is 19.1. The number of halogens is 1. The van der Waals surface area contributed by atoms with Gasteiger partial charge in [-0.15, -0.1) is 0 Å². The number of likely N-dealkylation sites (tertiary alicyclic amines) is 1. The molecule has 1 aliphatic rings. The second-order valence-corrected chi connectivity index (χ2v) is 6.06. The first-order valence-corrected chi connectivity index (χ1v) is 7.91. The molecule has 1 amide bonds. The minimum atomic E-state index is -0.392. The molecule has 0 bridgehead atoms. The molecule has 23 heavy (non-hydrogen) atoms. The summed E-state index contributed by atoms with van der Waals surface area (Å²) in [6, 6.07) is 9.70. The molecule has 0 atom stereocenters. The van der Waals surface area contributed by atoms with Crippen LogP contribution in [0.5, 0.6) is 0 Å². The van der Waals surface area contributed by atoms with E-state index in [0.717, 1.165) is 31.7 Å². The molecule has 5 heteroatoms. The van der Waals surface area contributed by atoms with E-state index in [0.29, 0.717) is 12.1 Å². The van der Waals surface area contributed by atoms with Crippen LogP contribution >= 0.6 is 0 Å². The summed E-state index contributed by atoms with van der Waals surface area (Å²) in [7, 11) is 2.08. The van der Waals surface area contributed by atoms with Gasteiger partial charge in [0, 0.05) is 11.6 Å². The van der Waals surface area contributed by atoms with Crippen molar-refractivity contribution in [1.29, 1.82) is 0 Å². The second kappa shape index (κ2) is 6.96. The number of carbonyl (C=O) groups is 1. The fourth-order valence-corrected chi connectivity index (χ4v) is 3.03. The van der Waals surface area contributed by atoms with E-state index in [1.165, 1.54) is 12.1 Å². The molecule has 1 fully saturated rings. The van der Waals surface area contributed by atoms with E-state index in [-0.39, 0.29) is 11.9 Å². The van der Waals surface area contributed by atoms with Crippen molar-refractivity contribution in [1.82, 2.24) is 9.80 Å². The molecular weight excluding hydrogens is 295 g/mol. The van der Waals surface area contributed by atoms with Crippen molar-refractivity contribution in [2.24, 2.45) is 0 Å². The van der Waals surface area contributed by atoms with Gasteiger partial charge in [-0.3, -0.25) is 4.79 Å². The van der Waals surface area contributed by atoms with Gasteiger partial charge in [0.25, 0.3) is 5.91 Å². The van der Waals surface area contributed by atoms with Gasteiger partial charge in [-0.2, -0.15) is 0 Å². The third kappa shape index (κ3) is 3.79. The molecule has 0 spiro atoms. The van der Waals surface area contributed by atoms with Crippen molar-refractivity contribution in [2.75, 3.05) is 20.1 Å². The van der Waals surface area contributed by atoms with Crippen LogP contribution in [-0.4, -0.2) is 41.9 Å². The first-order valence-electron chi connectivity index (χ1n) is 7.91. The maximum absolute atomic E-state index is 13.5. The lowest BCUT2D eigenvalue weighted by molar-refractivity contribution is 0.0550. The van der Waals surface area contributed by atoms with E-state index in [2.05, 4.69) is 11.9 Å². The molecule has 0 unspecified atom stereocenters. The number of carbonyl (C=O) groups excluding carboxylic acids is 1. The van der Waals surface area contributed by atoms with Crippen LogP contribution in [0.4, 0.5) is 4.39 Å². The number of furan rings is 1. The fraction of sp³-hybridized carbons (Fsp3) is 0.389. The second-order valence-electron chi connectivity index (χ2n) is 6.06. The van der Waals surface area contributed by atoms with E-state index < -0.39 is 5.82 Å². The average molecular weight is 316 g/mol. The Kier molecular flexibility index (Phi) is 4.76. The Hall–Kier alpha value is -2.14. The molecule has 0 radical (unpaired) electrons. The smallest absolute Gasteiger partial charge is 0.254 e. The Bertz CT molecular complexity index is 649. The number of benzene rings is 1. The van der Waals surface area contributed by atoms with E-state index in [1.54, 1.807) is 18.4 Å². The van der Waals surface area contributed by atoms with Crippen LogP contribution in [0.15, 0.2) is 47.1 Å². The lowest BCUT2D eigenvalue weighted by Gasteiger charge is -2.37. The standard InChI is InChI=1S/C18H21FN2O2/c1-20-9-7-16(8-10-20)21(13-17-6-3-11-23-17)18(22)14-4-2-5-15(19)12-14/h2-6,11-12,16H,7-10,13H2,1H3. The van der Waals surface area contributed by atoms with Crippen LogP contribution in [-0.2, 0) is 6.54 Å². The quantitative estimate of drug-likeness (QED) is 0.869. The molecule has 2 heterocycles. The molecule has 1 aromatic carbocycles. The van der Waals surface area contributed by atoms with Crippen LogP contribution < -0.4 is 0 Å². The zero-order chi connectivity index (χ0) is 16.2. The third-order valence-electron chi connectivity index (χ3n) is 4.37. The summed E-state index contributed by atoms with van der Waals surface area (Å²) in [6.07, 6.45) is 3.44. The summed E-state index contributed by atoms with van der Waals surface area (Å²) in [5.74, 6) is 0.210. The Morgan fingerprint density at radius 1 is 1.30 bits per heavy atom. The summed E-state index contributed by atoms with van der Waals surface area (Å²) in [5.41, 5.74) is 0.385. The first kappa shape index (κ1) is 15.7. The van der Waals surface area contributed by atoms with Crippen LogP contribution in [0.1, 0.15) is 29.0 Å². The van der Waals surface area contributed by atoms with Gasteiger partial charge in [-0.1, -0.05) is 6.07 Å². The number of nitrogens with zero attached hydrogens (tertiary/aromatic N) is 2. The summed E-state index contributed by atoms with van der Waals surface area (Å²) >= 11 is 0. The first-order chi connectivity index (χ1) is 11.1. The Labute approximate surface area is 135 Å². The number of amides is 1. The van der Waals surface area contributed by atoms with Gasteiger partial charge in [-0.05, 0) is 63.3 Å². The van der Waals surface area contributed by atoms with Gasteiger partial charge < -0.3 is 14.2 Å². The lowest BCUT2D eigenvalue weighted by atomic mass is 10.0. The van der Waals surface area contributed by atoms with Crippen LogP contribution in [0.2, 0.25) is 0 Å². The minimum Gasteiger partial charge on any atom is -0.467 e. The van der Waals surface area contributed by atoms with E-state index in [9.17, 15) is 9.18 Å². The molecule has 1 aliphatic heterocycles. The summed E-state index contributed by atoms with van der Waals surface area (Å²) in [5, 5.41) is 0. The molecule has 0 saturated carbocycles. The number of hydrogen-bond donors (Lipinski definition) is 0. The topological polar surface area (TPSA) is 36.7 Å². The van der Waals surface area contributed by atoms with Gasteiger partial charge in [0.2, 0.25) is 0 Å². The Balaban J connectivity index is 1.83. The highest BCUT2D eigenvalue weighted by Gasteiger charge is 2.28. The van der Waals surface area contributed by atoms with Crippen molar-refractivity contribution in [3.05, 3.63) is 59.8 Å². The van der Waals surface area contributed by atoms with Gasteiger partial charge >= 0.3 is 0 Å². The predicted molar refractivity (Wildman–Crippen MR) is 85.5 cm³/mol. The van der Waals surface area contributed by atoms with Crippen molar-refractivity contribution >= 4 is 5.91 Å². The minimum absolute atomic E-state index is 0.143. The Morgan fingerprint density at radius 3 is 2.74 bits per heavy atom. The van der Waals surface area contributed by atoms with Gasteiger partial charge in [0.15, 0.2) is 0 Å². The molecule has 1 aromatic heterocycles. The van der Waals surface area contributed by atoms with Crippen LogP contribution in [0, 0.1) is 5.82 Å². The molecule has 0 N–H and O–H groups in total. The lowest BCUT2D eigenvalue weighted by Crippen LogP contribution is -2.46. The number of rotatable bonds is 4. The molecule has 4 nitrogen and oxygen atoms in total. The Morgan fingerprint density at radius 2 is 2.09 bits per heavy atom. The maximum Gasteiger partial charge on any atom is 0.254 e. The maximum atomic E-state index is 13.5. The average Bonchev–Trinajstić information content (AvgIpc) is 3.06. The van der Waals surface area contributed by atoms with Gasteiger partial charge in [-0.25, -0.2) is 4.39 Å². The highest BCUT2D eigenvalue weighted by Crippen LogP contribution is 2.21. The fourth-order valence-electron chi connectivity index (χ4n) is 3.03. The van der Waals surface area contributed by atoms with Crippen molar-refractivity contribution < 1.29 is 13.6 Å². The SMILES string of the molecule is CN1CCC(N(Cc2ccco2)C(=O)c2cccc(F)c2)CC1. The summed E-state index contributed by atoms with van der Waals surface area (Å²) in [6.45, 7) is 2.32. The monoisotopic (exact) mass is 316 g/mol. The van der Waals surface area contributed by atoms with E-state index in [4.69, 9.17) is 4.42 Å². The largest absolute Gasteiger partial charge is 0.467 e. The molecule has 2 aromatic rings. The molecule has 3 rings (SSSR count). The summed E-state index contributed by atoms with van der Waals surface area (Å²) in [4.78, 5) is 17.0.